The highest BCUT2D eigenvalue weighted by Crippen LogP contribution is 2.36. The number of aliphatic hydroxyl groups is 1. The Kier molecular flexibility index (Phi) is 11.4. The molecule has 1 unspecified atom stereocenters. The van der Waals surface area contributed by atoms with Gasteiger partial charge in [0.2, 0.25) is 0 Å². The number of aliphatic hydroxyl groups excluding tert-OH is 1. The highest BCUT2D eigenvalue weighted by Gasteiger charge is 2.34. The van der Waals surface area contributed by atoms with Gasteiger partial charge in [0.25, 0.3) is 31.8 Å². The Morgan fingerprint density at radius 3 is 2.23 bits per heavy atom. The third-order valence-electron chi connectivity index (χ3n) is 4.21. The van der Waals surface area contributed by atoms with E-state index in [9.17, 15) is 41.9 Å². The number of rotatable bonds is 16. The van der Waals surface area contributed by atoms with E-state index in [0.29, 0.717) is 19.1 Å². The van der Waals surface area contributed by atoms with Gasteiger partial charge in [-0.25, -0.2) is 0 Å². The summed E-state index contributed by atoms with van der Waals surface area (Å²) in [4.78, 5) is 34.0. The lowest BCUT2D eigenvalue weighted by Gasteiger charge is -2.17. The standard InChI is InChI=1S/C17H26N4O12S2/c1-34(28,29)32-10-8-18-13-5-6-14(20(24)25)12(16(13)21(26)27)11-15(33-35(2,30)31)17(23)19-7-3-4-9-22/h5-6,15,18,22H,3-4,7-11H2,1-2H3,(H,19,23). The molecule has 0 aliphatic carbocycles. The molecule has 198 valence electrons. The predicted octanol–water partition coefficient (Wildman–Crippen LogP) is -0.333. The van der Waals surface area contributed by atoms with Crippen LogP contribution >= 0.6 is 0 Å². The van der Waals surface area contributed by atoms with Gasteiger partial charge in [-0.15, -0.1) is 0 Å². The Balaban J connectivity index is 3.38. The van der Waals surface area contributed by atoms with Crippen molar-refractivity contribution >= 4 is 43.2 Å². The molecule has 1 aromatic rings. The molecule has 1 atom stereocenters. The first-order chi connectivity index (χ1) is 16.2. The molecule has 18 heteroatoms. The second kappa shape index (κ2) is 13.2. The van der Waals surface area contributed by atoms with E-state index in [4.69, 9.17) is 9.29 Å². The van der Waals surface area contributed by atoms with E-state index in [-0.39, 0.29) is 25.4 Å². The molecular formula is C17H26N4O12S2. The number of anilines is 1. The lowest BCUT2D eigenvalue weighted by atomic mass is 10.0. The van der Waals surface area contributed by atoms with Gasteiger partial charge >= 0.3 is 5.69 Å². The van der Waals surface area contributed by atoms with Crippen molar-refractivity contribution in [2.24, 2.45) is 0 Å². The molecule has 0 radical (unpaired) electrons. The lowest BCUT2D eigenvalue weighted by Crippen LogP contribution is -2.39. The summed E-state index contributed by atoms with van der Waals surface area (Å²) in [6.45, 7) is -0.764. The number of hydrogen-bond donors (Lipinski definition) is 3. The average Bonchev–Trinajstić information content (AvgIpc) is 2.71. The normalized spacial score (nSPS) is 12.7. The van der Waals surface area contributed by atoms with Gasteiger partial charge < -0.3 is 15.7 Å². The monoisotopic (exact) mass is 542 g/mol. The van der Waals surface area contributed by atoms with Crippen molar-refractivity contribution in [2.75, 3.05) is 44.1 Å². The Hall–Kier alpha value is -2.93. The Morgan fingerprint density at radius 2 is 1.71 bits per heavy atom. The number of carbonyl (C=O) groups excluding carboxylic acids is 1. The predicted molar refractivity (Wildman–Crippen MR) is 122 cm³/mol. The van der Waals surface area contributed by atoms with Gasteiger partial charge in [0.15, 0.2) is 6.10 Å². The van der Waals surface area contributed by atoms with E-state index in [2.05, 4.69) is 14.8 Å². The van der Waals surface area contributed by atoms with E-state index in [1.165, 1.54) is 0 Å². The number of nitrogens with one attached hydrogen (secondary N) is 2. The zero-order chi connectivity index (χ0) is 26.8. The molecule has 1 rings (SSSR count). The molecule has 35 heavy (non-hydrogen) atoms. The molecule has 0 aromatic heterocycles. The van der Waals surface area contributed by atoms with Crippen LogP contribution in [0, 0.1) is 20.2 Å². The fourth-order valence-electron chi connectivity index (χ4n) is 2.86. The van der Waals surface area contributed by atoms with Crippen molar-refractivity contribution in [3.63, 3.8) is 0 Å². The highest BCUT2D eigenvalue weighted by molar-refractivity contribution is 7.86. The van der Waals surface area contributed by atoms with Crippen LogP contribution in [0.4, 0.5) is 17.1 Å². The number of unbranched alkanes of at least 4 members (excludes halogenated alkanes) is 1. The van der Waals surface area contributed by atoms with Crippen LogP contribution in [0.5, 0.6) is 0 Å². The first-order valence-electron chi connectivity index (χ1n) is 9.96. The van der Waals surface area contributed by atoms with Gasteiger partial charge in [-0.05, 0) is 18.9 Å². The molecule has 0 saturated carbocycles. The number of hydrogen-bond acceptors (Lipinski definition) is 13. The van der Waals surface area contributed by atoms with Crippen LogP contribution in [0.3, 0.4) is 0 Å². The van der Waals surface area contributed by atoms with Crippen LogP contribution in [0.1, 0.15) is 18.4 Å². The van der Waals surface area contributed by atoms with Crippen molar-refractivity contribution in [1.82, 2.24) is 5.32 Å². The smallest absolute Gasteiger partial charge is 0.302 e. The largest absolute Gasteiger partial charge is 0.396 e. The molecule has 1 amide bonds. The second-order valence-electron chi connectivity index (χ2n) is 7.14. The van der Waals surface area contributed by atoms with Gasteiger partial charge in [-0.2, -0.15) is 16.8 Å². The van der Waals surface area contributed by atoms with E-state index < -0.39 is 72.1 Å². The van der Waals surface area contributed by atoms with Crippen LogP contribution in [0.25, 0.3) is 0 Å². The maximum absolute atomic E-state index is 12.5. The Labute approximate surface area is 201 Å². The van der Waals surface area contributed by atoms with Gasteiger partial charge in [0.05, 0.1) is 29.0 Å². The highest BCUT2D eigenvalue weighted by atomic mass is 32.2. The summed E-state index contributed by atoms with van der Waals surface area (Å²) >= 11 is 0. The van der Waals surface area contributed by atoms with Crippen molar-refractivity contribution in [1.29, 1.82) is 0 Å². The molecule has 0 heterocycles. The molecule has 0 spiro atoms. The van der Waals surface area contributed by atoms with E-state index >= 15 is 0 Å². The van der Waals surface area contributed by atoms with E-state index in [1.54, 1.807) is 0 Å². The van der Waals surface area contributed by atoms with Crippen LogP contribution < -0.4 is 10.6 Å². The fourth-order valence-corrected chi connectivity index (χ4v) is 3.82. The summed E-state index contributed by atoms with van der Waals surface area (Å²) in [6, 6.07) is 1.93. The van der Waals surface area contributed by atoms with Gasteiger partial charge in [0, 0.05) is 32.2 Å². The molecule has 0 aliphatic heterocycles. The second-order valence-corrected chi connectivity index (χ2v) is 10.4. The minimum atomic E-state index is -4.26. The summed E-state index contributed by atoms with van der Waals surface area (Å²) in [6.07, 6.45) is -0.603. The Bertz CT molecular complexity index is 1140. The number of nitrogens with zero attached hydrogens (tertiary/aromatic N) is 2. The number of nitro benzene ring substituents is 2. The maximum Gasteiger partial charge on any atom is 0.302 e. The number of nitro groups is 2. The Morgan fingerprint density at radius 1 is 1.06 bits per heavy atom. The van der Waals surface area contributed by atoms with Crippen LogP contribution in [0.15, 0.2) is 12.1 Å². The lowest BCUT2D eigenvalue weighted by molar-refractivity contribution is -0.395. The van der Waals surface area contributed by atoms with Gasteiger partial charge in [-0.3, -0.25) is 33.4 Å². The average molecular weight is 543 g/mol. The number of carbonyl (C=O) groups is 1. The summed E-state index contributed by atoms with van der Waals surface area (Å²) < 4.78 is 54.8. The van der Waals surface area contributed by atoms with E-state index in [0.717, 1.165) is 18.4 Å². The first-order valence-corrected chi connectivity index (χ1v) is 13.6. The number of benzene rings is 1. The van der Waals surface area contributed by atoms with Crippen molar-refractivity contribution < 1.29 is 44.9 Å². The molecule has 0 fully saturated rings. The summed E-state index contributed by atoms with van der Waals surface area (Å²) in [7, 11) is -8.04. The molecule has 0 saturated heterocycles. The first kappa shape index (κ1) is 30.1. The van der Waals surface area contributed by atoms with Crippen molar-refractivity contribution in [3.8, 4) is 0 Å². The van der Waals surface area contributed by atoms with Crippen LogP contribution in [-0.4, -0.2) is 82.6 Å². The zero-order valence-corrected chi connectivity index (χ0v) is 20.5. The maximum atomic E-state index is 12.5. The third-order valence-corrected chi connectivity index (χ3v) is 5.39. The molecule has 0 aliphatic rings. The van der Waals surface area contributed by atoms with Crippen molar-refractivity contribution in [3.05, 3.63) is 37.9 Å². The molecule has 1 aromatic carbocycles. The molecule has 3 N–H and O–H groups in total. The number of amides is 1. The molecular weight excluding hydrogens is 516 g/mol. The molecule has 16 nitrogen and oxygen atoms in total. The summed E-state index contributed by atoms with van der Waals surface area (Å²) in [5.74, 6) is -0.989. The minimum absolute atomic E-state index is 0.0229. The van der Waals surface area contributed by atoms with E-state index in [1.807, 2.05) is 0 Å². The van der Waals surface area contributed by atoms with Gasteiger partial charge in [0.1, 0.15) is 11.3 Å². The quantitative estimate of drug-likeness (QED) is 0.105. The fraction of sp³-hybridized carbons (Fsp3) is 0.588. The molecule has 0 bridgehead atoms. The summed E-state index contributed by atoms with van der Waals surface area (Å²) in [5, 5.41) is 37.1. The summed E-state index contributed by atoms with van der Waals surface area (Å²) in [5.41, 5.74) is -2.43. The van der Waals surface area contributed by atoms with Crippen LogP contribution in [-0.2, 0) is 39.8 Å². The van der Waals surface area contributed by atoms with Gasteiger partial charge in [-0.1, -0.05) is 0 Å². The zero-order valence-electron chi connectivity index (χ0n) is 18.8. The SMILES string of the molecule is CS(=O)(=O)OCCNc1ccc([N+](=O)[O-])c(CC(OS(C)(=O)=O)C(=O)NCCCCO)c1[N+](=O)[O-]. The van der Waals surface area contributed by atoms with Crippen molar-refractivity contribution in [2.45, 2.75) is 25.4 Å². The van der Waals surface area contributed by atoms with Crippen LogP contribution in [0.2, 0.25) is 0 Å². The topological polar surface area (TPSA) is 234 Å². The minimum Gasteiger partial charge on any atom is -0.396 e. The third kappa shape index (κ3) is 10.9.